The van der Waals surface area contributed by atoms with Gasteiger partial charge in [-0.2, -0.15) is 0 Å². The molecule has 0 aromatic carbocycles. The second-order valence-corrected chi connectivity index (χ2v) is 5.86. The molecule has 18 heavy (non-hydrogen) atoms. The molecule has 3 heteroatoms. The second kappa shape index (κ2) is 3.89. The molecule has 0 bridgehead atoms. The predicted octanol–water partition coefficient (Wildman–Crippen LogP) is 1.94. The Bertz CT molecular complexity index is 463. The molecule has 96 valence electrons. The van der Waals surface area contributed by atoms with Gasteiger partial charge in [-0.15, -0.1) is 0 Å². The average Bonchev–Trinajstić information content (AvgIpc) is 2.64. The molecule has 0 saturated carbocycles. The third kappa shape index (κ3) is 1.40. The third-order valence-electron chi connectivity index (χ3n) is 4.83. The monoisotopic (exact) mass is 244 g/mol. The number of ether oxygens (including phenoxy) is 1. The molecule has 3 nitrogen and oxygen atoms in total. The Morgan fingerprint density at radius 2 is 2.33 bits per heavy atom. The lowest BCUT2D eigenvalue weighted by atomic mass is 9.84. The summed E-state index contributed by atoms with van der Waals surface area (Å²) in [6.07, 6.45) is 11.3. The first-order valence-corrected chi connectivity index (χ1v) is 7.03. The van der Waals surface area contributed by atoms with Gasteiger partial charge in [0.2, 0.25) is 0 Å². The molecule has 2 heterocycles. The molecule has 0 saturated heterocycles. The largest absolute Gasteiger partial charge is 0.490 e. The molecular formula is C15H20N2O. The van der Waals surface area contributed by atoms with Crippen molar-refractivity contribution < 1.29 is 4.74 Å². The highest BCUT2D eigenvalue weighted by Gasteiger charge is 2.41. The molecule has 0 aromatic heterocycles. The van der Waals surface area contributed by atoms with Gasteiger partial charge in [0, 0.05) is 18.8 Å². The van der Waals surface area contributed by atoms with E-state index >= 15 is 0 Å². The zero-order valence-electron chi connectivity index (χ0n) is 10.9. The summed E-state index contributed by atoms with van der Waals surface area (Å²) in [7, 11) is 2.26. The van der Waals surface area contributed by atoms with Crippen LogP contribution in [0.25, 0.3) is 0 Å². The van der Waals surface area contributed by atoms with Crippen molar-refractivity contribution in [2.45, 2.75) is 43.9 Å². The smallest absolute Gasteiger partial charge is 0.143 e. The number of fused-ring (bicyclic) bond motifs is 2. The number of hydrogen-bond donors (Lipinski definition) is 1. The van der Waals surface area contributed by atoms with Gasteiger partial charge in [-0.25, -0.2) is 0 Å². The Morgan fingerprint density at radius 1 is 1.39 bits per heavy atom. The Kier molecular flexibility index (Phi) is 2.31. The first kappa shape index (κ1) is 10.7. The lowest BCUT2D eigenvalue weighted by Gasteiger charge is -2.35. The van der Waals surface area contributed by atoms with Gasteiger partial charge >= 0.3 is 0 Å². The van der Waals surface area contributed by atoms with Crippen molar-refractivity contribution in [1.29, 1.82) is 0 Å². The van der Waals surface area contributed by atoms with Crippen LogP contribution < -0.4 is 5.32 Å². The molecule has 4 aliphatic rings. The van der Waals surface area contributed by atoms with Crippen LogP contribution in [0.3, 0.4) is 0 Å². The second-order valence-electron chi connectivity index (χ2n) is 5.86. The Hall–Kier alpha value is -1.22. The van der Waals surface area contributed by atoms with E-state index in [2.05, 4.69) is 23.3 Å². The Labute approximate surface area is 108 Å². The van der Waals surface area contributed by atoms with Crippen LogP contribution >= 0.6 is 0 Å². The van der Waals surface area contributed by atoms with Crippen molar-refractivity contribution in [2.24, 2.45) is 0 Å². The van der Waals surface area contributed by atoms with Crippen LogP contribution in [0.2, 0.25) is 0 Å². The summed E-state index contributed by atoms with van der Waals surface area (Å²) < 4.78 is 5.93. The van der Waals surface area contributed by atoms with Gasteiger partial charge in [-0.3, -0.25) is 4.90 Å². The van der Waals surface area contributed by atoms with E-state index in [9.17, 15) is 0 Å². The zero-order chi connectivity index (χ0) is 12.1. The van der Waals surface area contributed by atoms with Crippen LogP contribution in [0.1, 0.15) is 25.7 Å². The maximum Gasteiger partial charge on any atom is 0.143 e. The summed E-state index contributed by atoms with van der Waals surface area (Å²) in [5, 5.41) is 3.48. The van der Waals surface area contributed by atoms with Gasteiger partial charge < -0.3 is 10.1 Å². The number of rotatable bonds is 0. The van der Waals surface area contributed by atoms with Crippen molar-refractivity contribution >= 4 is 0 Å². The maximum atomic E-state index is 5.93. The fourth-order valence-corrected chi connectivity index (χ4v) is 4.03. The Balaban J connectivity index is 1.78. The summed E-state index contributed by atoms with van der Waals surface area (Å²) in [5.74, 6) is 0. The van der Waals surface area contributed by atoms with Crippen molar-refractivity contribution in [2.75, 3.05) is 13.6 Å². The van der Waals surface area contributed by atoms with E-state index in [1.54, 1.807) is 11.1 Å². The molecule has 4 rings (SSSR count). The van der Waals surface area contributed by atoms with E-state index in [0.717, 1.165) is 6.54 Å². The molecule has 1 unspecified atom stereocenters. The molecule has 3 atom stereocenters. The number of nitrogens with zero attached hydrogens (tertiary/aromatic N) is 1. The topological polar surface area (TPSA) is 24.5 Å². The van der Waals surface area contributed by atoms with Crippen molar-refractivity contribution in [3.63, 3.8) is 0 Å². The highest BCUT2D eigenvalue weighted by Crippen LogP contribution is 2.43. The maximum absolute atomic E-state index is 5.93. The summed E-state index contributed by atoms with van der Waals surface area (Å²) in [6, 6.07) is 1.10. The van der Waals surface area contributed by atoms with E-state index in [1.165, 1.54) is 31.3 Å². The number of likely N-dealkylation sites (N-methyl/N-ethyl adjacent to an activating group) is 1. The molecule has 0 aromatic rings. The minimum Gasteiger partial charge on any atom is -0.490 e. The van der Waals surface area contributed by atoms with Gasteiger partial charge in [-0.05, 0) is 43.9 Å². The number of nitrogens with one attached hydrogen (secondary N) is 1. The molecule has 0 fully saturated rings. The zero-order valence-corrected chi connectivity index (χ0v) is 10.9. The van der Waals surface area contributed by atoms with Gasteiger partial charge in [0.05, 0.1) is 12.3 Å². The highest BCUT2D eigenvalue weighted by molar-refractivity contribution is 5.49. The van der Waals surface area contributed by atoms with E-state index in [1.807, 2.05) is 12.5 Å². The van der Waals surface area contributed by atoms with Crippen molar-refractivity contribution in [3.05, 3.63) is 35.3 Å². The van der Waals surface area contributed by atoms with E-state index in [0.29, 0.717) is 12.1 Å². The quantitative estimate of drug-likeness (QED) is 0.705. The standard InChI is InChI=1S/C15H20N2O/c1-17-9-10-5-6-12-15(18-8-7-16-12)11-3-2-4-13(17)14(10)11/h3,7-8,12-13,15-16H,2,4-6,9H2,1H3/t12-,13?,15-/m0/s1. The lowest BCUT2D eigenvalue weighted by Crippen LogP contribution is -2.43. The minimum absolute atomic E-state index is 0.233. The predicted molar refractivity (Wildman–Crippen MR) is 70.9 cm³/mol. The summed E-state index contributed by atoms with van der Waals surface area (Å²) >= 11 is 0. The first-order chi connectivity index (χ1) is 8.84. The summed E-state index contributed by atoms with van der Waals surface area (Å²) in [4.78, 5) is 2.52. The third-order valence-corrected chi connectivity index (χ3v) is 4.83. The van der Waals surface area contributed by atoms with Crippen LogP contribution in [-0.2, 0) is 4.74 Å². The van der Waals surface area contributed by atoms with E-state index in [-0.39, 0.29) is 6.10 Å². The average molecular weight is 244 g/mol. The summed E-state index contributed by atoms with van der Waals surface area (Å²) in [6.45, 7) is 1.16. The van der Waals surface area contributed by atoms with Gasteiger partial charge in [0.1, 0.15) is 6.10 Å². The highest BCUT2D eigenvalue weighted by atomic mass is 16.5. The molecule has 0 amide bonds. The van der Waals surface area contributed by atoms with Gasteiger partial charge in [0.25, 0.3) is 0 Å². The van der Waals surface area contributed by atoms with Crippen molar-refractivity contribution in [1.82, 2.24) is 10.2 Å². The van der Waals surface area contributed by atoms with Crippen LogP contribution in [0.5, 0.6) is 0 Å². The molecule has 2 aliphatic carbocycles. The SMILES string of the molecule is CN1CC2=C3C(=CCCC31)[C@@H]1OC=CN[C@H]1CC2. The van der Waals surface area contributed by atoms with Crippen molar-refractivity contribution in [3.8, 4) is 0 Å². The van der Waals surface area contributed by atoms with Crippen LogP contribution in [0.15, 0.2) is 35.3 Å². The van der Waals surface area contributed by atoms with Crippen LogP contribution in [0, 0.1) is 0 Å². The fraction of sp³-hybridized carbons (Fsp3) is 0.600. The minimum atomic E-state index is 0.233. The molecular weight excluding hydrogens is 224 g/mol. The Morgan fingerprint density at radius 3 is 3.28 bits per heavy atom. The fourth-order valence-electron chi connectivity index (χ4n) is 4.03. The number of hydrogen-bond acceptors (Lipinski definition) is 3. The van der Waals surface area contributed by atoms with Gasteiger partial charge in [-0.1, -0.05) is 11.6 Å². The van der Waals surface area contributed by atoms with Gasteiger partial charge in [0.15, 0.2) is 0 Å². The number of allylic oxidation sites excluding steroid dienone is 1. The molecule has 0 spiro atoms. The van der Waals surface area contributed by atoms with Crippen LogP contribution in [-0.4, -0.2) is 36.7 Å². The lowest BCUT2D eigenvalue weighted by molar-refractivity contribution is 0.118. The molecule has 0 radical (unpaired) electrons. The summed E-state index contributed by atoms with van der Waals surface area (Å²) in [5.41, 5.74) is 4.76. The van der Waals surface area contributed by atoms with E-state index in [4.69, 9.17) is 4.74 Å². The van der Waals surface area contributed by atoms with Crippen LogP contribution in [0.4, 0.5) is 0 Å². The molecule has 2 aliphatic heterocycles. The molecule has 1 N–H and O–H groups in total. The normalized spacial score (nSPS) is 38.3. The van der Waals surface area contributed by atoms with E-state index < -0.39 is 0 Å². The first-order valence-electron chi connectivity index (χ1n) is 7.03.